The molecule has 0 spiro atoms. The van der Waals surface area contributed by atoms with E-state index in [-0.39, 0.29) is 17.8 Å². The highest BCUT2D eigenvalue weighted by molar-refractivity contribution is 7.89. The normalized spacial score (nSPS) is 12.3. The Balaban J connectivity index is 0.00000361. The number of hydrogen-bond acceptors (Lipinski definition) is 3. The zero-order chi connectivity index (χ0) is 14.8. The molecule has 2 N–H and O–H groups in total. The zero-order valence-electron chi connectivity index (χ0n) is 12.8. The lowest BCUT2D eigenvalue weighted by atomic mass is 9.94. The van der Waals surface area contributed by atoms with Crippen molar-refractivity contribution in [2.75, 3.05) is 20.1 Å². The molecular weight excluding hydrogens is 296 g/mol. The van der Waals surface area contributed by atoms with Gasteiger partial charge in [-0.2, -0.15) is 0 Å². The summed E-state index contributed by atoms with van der Waals surface area (Å²) in [6.45, 7) is 8.64. The van der Waals surface area contributed by atoms with Crippen LogP contribution in [0.25, 0.3) is 0 Å². The molecule has 116 valence electrons. The maximum Gasteiger partial charge on any atom is 0.242 e. The number of nitrogens with two attached hydrogens (primary N) is 1. The Morgan fingerprint density at radius 1 is 1.20 bits per heavy atom. The molecule has 0 aliphatic heterocycles. The predicted molar refractivity (Wildman–Crippen MR) is 85.8 cm³/mol. The second kappa shape index (κ2) is 6.89. The molecule has 0 aliphatic rings. The summed E-state index contributed by atoms with van der Waals surface area (Å²) in [6.07, 6.45) is 0. The second-order valence-corrected chi connectivity index (χ2v) is 7.92. The molecule has 1 aromatic carbocycles. The van der Waals surface area contributed by atoms with Gasteiger partial charge in [0.25, 0.3) is 0 Å². The quantitative estimate of drug-likeness (QED) is 0.905. The number of benzene rings is 1. The molecule has 0 unspecified atom stereocenters. The molecule has 4 nitrogen and oxygen atoms in total. The summed E-state index contributed by atoms with van der Waals surface area (Å²) < 4.78 is 26.3. The molecule has 0 bridgehead atoms. The maximum atomic E-state index is 12.5. The first kappa shape index (κ1) is 19.4. The van der Waals surface area contributed by atoms with Crippen LogP contribution in [-0.4, -0.2) is 32.9 Å². The topological polar surface area (TPSA) is 63.4 Å². The molecule has 0 radical (unpaired) electrons. The van der Waals surface area contributed by atoms with Crippen LogP contribution in [0, 0.1) is 19.3 Å². The lowest BCUT2D eigenvalue weighted by molar-refractivity contribution is 0.292. The molecule has 20 heavy (non-hydrogen) atoms. The van der Waals surface area contributed by atoms with Gasteiger partial charge in [0.05, 0.1) is 4.90 Å². The van der Waals surface area contributed by atoms with Gasteiger partial charge >= 0.3 is 0 Å². The van der Waals surface area contributed by atoms with E-state index in [4.69, 9.17) is 5.73 Å². The molecule has 0 aromatic heterocycles. The highest BCUT2D eigenvalue weighted by Gasteiger charge is 2.27. The van der Waals surface area contributed by atoms with Gasteiger partial charge in [-0.05, 0) is 49.1 Å². The summed E-state index contributed by atoms with van der Waals surface area (Å²) >= 11 is 0. The minimum Gasteiger partial charge on any atom is -0.330 e. The Hall–Kier alpha value is -0.620. The third-order valence-electron chi connectivity index (χ3n) is 3.39. The molecule has 0 saturated carbocycles. The minimum atomic E-state index is -3.44. The van der Waals surface area contributed by atoms with E-state index < -0.39 is 10.0 Å². The second-order valence-electron chi connectivity index (χ2n) is 5.88. The van der Waals surface area contributed by atoms with E-state index in [1.807, 2.05) is 33.8 Å². The van der Waals surface area contributed by atoms with Crippen molar-refractivity contribution in [3.05, 3.63) is 29.3 Å². The van der Waals surface area contributed by atoms with Gasteiger partial charge in [-0.15, -0.1) is 12.4 Å². The van der Waals surface area contributed by atoms with Crippen molar-refractivity contribution in [1.82, 2.24) is 4.31 Å². The van der Waals surface area contributed by atoms with Crippen LogP contribution in [0.1, 0.15) is 25.0 Å². The lowest BCUT2D eigenvalue weighted by Crippen LogP contribution is -2.39. The van der Waals surface area contributed by atoms with E-state index in [2.05, 4.69) is 0 Å². The number of aryl methyl sites for hydroxylation is 2. The van der Waals surface area contributed by atoms with Gasteiger partial charge in [0.15, 0.2) is 0 Å². The minimum absolute atomic E-state index is 0. The van der Waals surface area contributed by atoms with E-state index in [0.717, 1.165) is 11.1 Å². The smallest absolute Gasteiger partial charge is 0.242 e. The van der Waals surface area contributed by atoms with Gasteiger partial charge < -0.3 is 5.73 Å². The van der Waals surface area contributed by atoms with E-state index in [0.29, 0.717) is 18.0 Å². The SMILES string of the molecule is Cc1ccc(S(=O)(=O)N(C)CC(C)(C)CN)cc1C.Cl. The zero-order valence-corrected chi connectivity index (χ0v) is 14.4. The van der Waals surface area contributed by atoms with Gasteiger partial charge in [0.1, 0.15) is 0 Å². The Bertz CT molecular complexity index is 556. The molecular formula is C14H25ClN2O2S. The fourth-order valence-corrected chi connectivity index (χ4v) is 3.25. The van der Waals surface area contributed by atoms with Crippen LogP contribution in [0.3, 0.4) is 0 Å². The van der Waals surface area contributed by atoms with Crippen molar-refractivity contribution in [2.45, 2.75) is 32.6 Å². The summed E-state index contributed by atoms with van der Waals surface area (Å²) in [6, 6.07) is 5.21. The van der Waals surface area contributed by atoms with Crippen molar-refractivity contribution in [2.24, 2.45) is 11.1 Å². The van der Waals surface area contributed by atoms with Crippen LogP contribution in [0.2, 0.25) is 0 Å². The molecule has 6 heteroatoms. The Morgan fingerprint density at radius 3 is 2.20 bits per heavy atom. The van der Waals surface area contributed by atoms with E-state index in [1.165, 1.54) is 4.31 Å². The first-order valence-corrected chi connectivity index (χ1v) is 7.78. The van der Waals surface area contributed by atoms with Crippen molar-refractivity contribution in [1.29, 1.82) is 0 Å². The lowest BCUT2D eigenvalue weighted by Gasteiger charge is -2.28. The van der Waals surface area contributed by atoms with Gasteiger partial charge in [-0.3, -0.25) is 0 Å². The third-order valence-corrected chi connectivity index (χ3v) is 5.19. The molecule has 0 atom stereocenters. The number of rotatable bonds is 5. The van der Waals surface area contributed by atoms with Gasteiger partial charge in [-0.25, -0.2) is 12.7 Å². The monoisotopic (exact) mass is 320 g/mol. The molecule has 0 fully saturated rings. The molecule has 0 saturated heterocycles. The number of sulfonamides is 1. The van der Waals surface area contributed by atoms with Crippen LogP contribution in [0.4, 0.5) is 0 Å². The highest BCUT2D eigenvalue weighted by atomic mass is 35.5. The number of nitrogens with zero attached hydrogens (tertiary/aromatic N) is 1. The van der Waals surface area contributed by atoms with E-state index >= 15 is 0 Å². The summed E-state index contributed by atoms with van der Waals surface area (Å²) in [5.74, 6) is 0. The van der Waals surface area contributed by atoms with Crippen molar-refractivity contribution in [3.8, 4) is 0 Å². The van der Waals surface area contributed by atoms with Gasteiger partial charge in [0.2, 0.25) is 10.0 Å². The fourth-order valence-electron chi connectivity index (χ4n) is 1.81. The van der Waals surface area contributed by atoms with Crippen molar-refractivity contribution >= 4 is 22.4 Å². The van der Waals surface area contributed by atoms with Crippen LogP contribution in [0.15, 0.2) is 23.1 Å². The summed E-state index contributed by atoms with van der Waals surface area (Å²) in [4.78, 5) is 0.339. The van der Waals surface area contributed by atoms with Crippen LogP contribution in [0.5, 0.6) is 0 Å². The predicted octanol–water partition coefficient (Wildman–Crippen LogP) is 2.33. The van der Waals surface area contributed by atoms with Crippen LogP contribution in [-0.2, 0) is 10.0 Å². The Labute approximate surface area is 128 Å². The first-order chi connectivity index (χ1) is 8.60. The van der Waals surface area contributed by atoms with E-state index in [1.54, 1.807) is 19.2 Å². The molecule has 1 aromatic rings. The first-order valence-electron chi connectivity index (χ1n) is 6.34. The average Bonchev–Trinajstić information content (AvgIpc) is 2.32. The van der Waals surface area contributed by atoms with E-state index in [9.17, 15) is 8.42 Å². The molecule has 0 heterocycles. The van der Waals surface area contributed by atoms with Crippen molar-refractivity contribution < 1.29 is 8.42 Å². The Morgan fingerprint density at radius 2 is 1.75 bits per heavy atom. The molecule has 0 amide bonds. The van der Waals surface area contributed by atoms with Crippen molar-refractivity contribution in [3.63, 3.8) is 0 Å². The van der Waals surface area contributed by atoms with Gasteiger partial charge in [-0.1, -0.05) is 19.9 Å². The largest absolute Gasteiger partial charge is 0.330 e. The third kappa shape index (κ3) is 4.45. The average molecular weight is 321 g/mol. The molecule has 1 rings (SSSR count). The van der Waals surface area contributed by atoms with Crippen LogP contribution < -0.4 is 5.73 Å². The molecule has 0 aliphatic carbocycles. The highest BCUT2D eigenvalue weighted by Crippen LogP contribution is 2.22. The fraction of sp³-hybridized carbons (Fsp3) is 0.571. The summed E-state index contributed by atoms with van der Waals surface area (Å²) in [5, 5.41) is 0. The van der Waals surface area contributed by atoms with Crippen LogP contribution >= 0.6 is 12.4 Å². The Kier molecular flexibility index (Phi) is 6.68. The number of hydrogen-bond donors (Lipinski definition) is 1. The van der Waals surface area contributed by atoms with Gasteiger partial charge in [0, 0.05) is 13.6 Å². The number of halogens is 1. The maximum absolute atomic E-state index is 12.5. The summed E-state index contributed by atoms with van der Waals surface area (Å²) in [5.41, 5.74) is 7.49. The standard InChI is InChI=1S/C14H24N2O2S.ClH/c1-11-6-7-13(8-12(11)2)19(17,18)16(5)10-14(3,4)9-15;/h6-8H,9-10,15H2,1-5H3;1H. The summed E-state index contributed by atoms with van der Waals surface area (Å²) in [7, 11) is -1.84.